The Bertz CT molecular complexity index is 1200. The molecule has 2 aromatic carbocycles. The molecule has 1 fully saturated rings. The van der Waals surface area contributed by atoms with E-state index < -0.39 is 17.2 Å². The fourth-order valence-corrected chi connectivity index (χ4v) is 4.34. The van der Waals surface area contributed by atoms with Crippen LogP contribution in [0, 0.1) is 5.82 Å². The number of halogens is 1. The number of anilines is 1. The summed E-state index contributed by atoms with van der Waals surface area (Å²) in [6, 6.07) is 10.3. The molecule has 30 heavy (non-hydrogen) atoms. The van der Waals surface area contributed by atoms with Gasteiger partial charge in [0, 0.05) is 32.4 Å². The molecule has 0 bridgehead atoms. The highest BCUT2D eigenvalue weighted by Crippen LogP contribution is 2.43. The maximum atomic E-state index is 15.2. The number of nitrogens with zero attached hydrogens (tertiary/aromatic N) is 2. The van der Waals surface area contributed by atoms with Crippen molar-refractivity contribution >= 4 is 22.6 Å². The molecule has 0 radical (unpaired) electrons. The number of piperazine rings is 1. The number of ether oxygens (including phenoxy) is 1. The van der Waals surface area contributed by atoms with Crippen molar-refractivity contribution in [2.45, 2.75) is 6.04 Å². The van der Waals surface area contributed by atoms with Gasteiger partial charge in [0.15, 0.2) is 11.6 Å². The molecule has 1 saturated heterocycles. The van der Waals surface area contributed by atoms with Crippen LogP contribution in [0.25, 0.3) is 10.9 Å². The number of rotatable bonds is 3. The Morgan fingerprint density at radius 1 is 1.20 bits per heavy atom. The van der Waals surface area contributed by atoms with Crippen LogP contribution in [0.2, 0.25) is 0 Å². The molecule has 1 aromatic heterocycles. The van der Waals surface area contributed by atoms with Crippen LogP contribution in [0.4, 0.5) is 10.1 Å². The van der Waals surface area contributed by atoms with Crippen molar-refractivity contribution in [2.24, 2.45) is 0 Å². The minimum absolute atomic E-state index is 0.0157. The molecule has 154 valence electrons. The summed E-state index contributed by atoms with van der Waals surface area (Å²) in [5.74, 6) is -1.62. The molecule has 3 heterocycles. The minimum Gasteiger partial charge on any atom is -0.487 e. The van der Waals surface area contributed by atoms with E-state index in [0.29, 0.717) is 43.1 Å². The van der Waals surface area contributed by atoms with Gasteiger partial charge in [0.2, 0.25) is 5.43 Å². The normalized spacial score (nSPS) is 18.3. The van der Waals surface area contributed by atoms with E-state index in [2.05, 4.69) is 5.32 Å². The van der Waals surface area contributed by atoms with Crippen LogP contribution in [0.3, 0.4) is 0 Å². The van der Waals surface area contributed by atoms with Crippen LogP contribution in [-0.4, -0.2) is 48.4 Å². The Kier molecular flexibility index (Phi) is 4.43. The topological polar surface area (TPSA) is 83.8 Å². The van der Waals surface area contributed by atoms with Gasteiger partial charge in [-0.3, -0.25) is 4.79 Å². The quantitative estimate of drug-likeness (QED) is 0.690. The summed E-state index contributed by atoms with van der Waals surface area (Å²) < 4.78 is 23.0. The SMILES string of the molecule is O=C(O)c1cn2c3c(c(N4CCNCC4)c(F)cc3c1=O)OCC2c1ccccc1. The largest absolute Gasteiger partial charge is 0.487 e. The molecule has 7 nitrogen and oxygen atoms in total. The van der Waals surface area contributed by atoms with Crippen LogP contribution in [0.5, 0.6) is 5.75 Å². The third kappa shape index (κ3) is 2.83. The summed E-state index contributed by atoms with van der Waals surface area (Å²) in [6.45, 7) is 2.86. The van der Waals surface area contributed by atoms with Crippen LogP contribution < -0.4 is 20.4 Å². The lowest BCUT2D eigenvalue weighted by Gasteiger charge is -2.35. The molecule has 2 aliphatic heterocycles. The molecule has 0 amide bonds. The average molecular weight is 409 g/mol. The van der Waals surface area contributed by atoms with Gasteiger partial charge in [-0.1, -0.05) is 30.3 Å². The maximum absolute atomic E-state index is 15.2. The van der Waals surface area contributed by atoms with E-state index in [1.54, 1.807) is 4.57 Å². The first-order valence-electron chi connectivity index (χ1n) is 9.84. The smallest absolute Gasteiger partial charge is 0.341 e. The molecule has 5 rings (SSSR count). The van der Waals surface area contributed by atoms with E-state index in [0.717, 1.165) is 11.6 Å². The zero-order valence-electron chi connectivity index (χ0n) is 16.1. The van der Waals surface area contributed by atoms with Gasteiger partial charge in [-0.25, -0.2) is 9.18 Å². The predicted octanol–water partition coefficient (Wildman–Crippen LogP) is 2.23. The fraction of sp³-hybridized carbons (Fsp3) is 0.273. The van der Waals surface area contributed by atoms with Gasteiger partial charge in [-0.2, -0.15) is 0 Å². The van der Waals surface area contributed by atoms with Gasteiger partial charge in [0.25, 0.3) is 0 Å². The van der Waals surface area contributed by atoms with Gasteiger partial charge in [0.1, 0.15) is 17.9 Å². The maximum Gasteiger partial charge on any atom is 0.341 e. The molecule has 8 heteroatoms. The summed E-state index contributed by atoms with van der Waals surface area (Å²) >= 11 is 0. The van der Waals surface area contributed by atoms with Crippen molar-refractivity contribution in [3.05, 3.63) is 69.8 Å². The first kappa shape index (κ1) is 18.6. The third-order valence-corrected chi connectivity index (χ3v) is 5.77. The molecule has 2 aliphatic rings. The molecular weight excluding hydrogens is 389 g/mol. The van der Waals surface area contributed by atoms with Gasteiger partial charge >= 0.3 is 5.97 Å². The second-order valence-electron chi connectivity index (χ2n) is 7.49. The molecular formula is C22H20FN3O4. The first-order valence-corrected chi connectivity index (χ1v) is 9.84. The number of hydrogen-bond donors (Lipinski definition) is 2. The summed E-state index contributed by atoms with van der Waals surface area (Å²) in [4.78, 5) is 26.5. The average Bonchev–Trinajstić information content (AvgIpc) is 2.76. The summed E-state index contributed by atoms with van der Waals surface area (Å²) in [7, 11) is 0. The van der Waals surface area contributed by atoms with E-state index in [1.165, 1.54) is 6.20 Å². The Hall–Kier alpha value is -3.39. The Labute approximate surface area is 171 Å². The van der Waals surface area contributed by atoms with E-state index in [-0.39, 0.29) is 23.6 Å². The number of carboxylic acid groups (broad SMARTS) is 1. The zero-order chi connectivity index (χ0) is 20.8. The number of benzene rings is 2. The van der Waals surface area contributed by atoms with Gasteiger partial charge < -0.3 is 24.6 Å². The lowest BCUT2D eigenvalue weighted by atomic mass is 10.0. The zero-order valence-corrected chi connectivity index (χ0v) is 16.1. The highest BCUT2D eigenvalue weighted by atomic mass is 19.1. The first-order chi connectivity index (χ1) is 14.6. The third-order valence-electron chi connectivity index (χ3n) is 5.77. The second-order valence-corrected chi connectivity index (χ2v) is 7.49. The van der Waals surface area contributed by atoms with Gasteiger partial charge in [0.05, 0.1) is 16.9 Å². The van der Waals surface area contributed by atoms with Crippen molar-refractivity contribution in [3.63, 3.8) is 0 Å². The van der Waals surface area contributed by atoms with Crippen molar-refractivity contribution in [3.8, 4) is 5.75 Å². The molecule has 3 aromatic rings. The monoisotopic (exact) mass is 409 g/mol. The molecule has 0 spiro atoms. The van der Waals surface area contributed by atoms with E-state index in [4.69, 9.17) is 4.74 Å². The minimum atomic E-state index is -1.34. The molecule has 2 N–H and O–H groups in total. The second kappa shape index (κ2) is 7.14. The van der Waals surface area contributed by atoms with Crippen LogP contribution in [0.15, 0.2) is 47.4 Å². The summed E-state index contributed by atoms with van der Waals surface area (Å²) in [6.07, 6.45) is 1.36. The van der Waals surface area contributed by atoms with Gasteiger partial charge in [-0.05, 0) is 11.6 Å². The van der Waals surface area contributed by atoms with Crippen molar-refractivity contribution in [1.82, 2.24) is 9.88 Å². The molecule has 0 aliphatic carbocycles. The number of carbonyl (C=O) groups is 1. The van der Waals surface area contributed by atoms with Crippen molar-refractivity contribution < 1.29 is 19.0 Å². The van der Waals surface area contributed by atoms with Crippen LogP contribution >= 0.6 is 0 Å². The van der Waals surface area contributed by atoms with E-state index >= 15 is 4.39 Å². The summed E-state index contributed by atoms with van der Waals surface area (Å²) in [5.41, 5.74) is 0.577. The highest BCUT2D eigenvalue weighted by Gasteiger charge is 2.32. The molecule has 0 saturated carbocycles. The Morgan fingerprint density at radius 3 is 2.63 bits per heavy atom. The number of aromatic nitrogens is 1. The lowest BCUT2D eigenvalue weighted by Crippen LogP contribution is -2.44. The highest BCUT2D eigenvalue weighted by molar-refractivity contribution is 5.97. The van der Waals surface area contributed by atoms with Crippen molar-refractivity contribution in [1.29, 1.82) is 0 Å². The molecule has 1 atom stereocenters. The number of nitrogens with one attached hydrogen (secondary N) is 1. The van der Waals surface area contributed by atoms with E-state index in [9.17, 15) is 14.7 Å². The Morgan fingerprint density at radius 2 is 1.93 bits per heavy atom. The lowest BCUT2D eigenvalue weighted by molar-refractivity contribution is 0.0694. The summed E-state index contributed by atoms with van der Waals surface area (Å²) in [5, 5.41) is 12.8. The van der Waals surface area contributed by atoms with Gasteiger partial charge in [-0.15, -0.1) is 0 Å². The standard InChI is InChI=1S/C22H20FN3O4/c23-16-10-14-18-21(19(16)25-8-6-24-7-9-25)30-12-17(13-4-2-1-3-5-13)26(18)11-15(20(14)27)22(28)29/h1-5,10-11,17,24H,6-9,12H2,(H,28,29). The van der Waals surface area contributed by atoms with Crippen molar-refractivity contribution in [2.75, 3.05) is 37.7 Å². The van der Waals surface area contributed by atoms with E-state index in [1.807, 2.05) is 35.2 Å². The number of aromatic carboxylic acids is 1. The Balaban J connectivity index is 1.83. The predicted molar refractivity (Wildman–Crippen MR) is 110 cm³/mol. The molecule has 1 unspecified atom stereocenters. The number of carboxylic acids is 1. The number of hydrogen-bond acceptors (Lipinski definition) is 5. The fourth-order valence-electron chi connectivity index (χ4n) is 4.34. The van der Waals surface area contributed by atoms with Crippen LogP contribution in [0.1, 0.15) is 22.0 Å². The number of pyridine rings is 1. The van der Waals surface area contributed by atoms with Crippen LogP contribution in [-0.2, 0) is 0 Å².